The standard InChI is InChI=1S/C16H34N4O.HI/c1-4-5-11-21-12-7-9-18-16(17-2)19-13-15-8-6-10-20(3)14-15;/h15H,4-14H2,1-3H3,(H2,17,18,19);1H. The SMILES string of the molecule is CCCCOCCCNC(=NC)NCC1CCCN(C)C1.I. The molecule has 2 N–H and O–H groups in total. The molecule has 0 aromatic heterocycles. The Balaban J connectivity index is 0.00000441. The Morgan fingerprint density at radius 1 is 1.27 bits per heavy atom. The number of likely N-dealkylation sites (tertiary alicyclic amines) is 1. The molecule has 0 aromatic carbocycles. The number of guanidine groups is 1. The van der Waals surface area contributed by atoms with Crippen molar-refractivity contribution in [3.05, 3.63) is 0 Å². The molecule has 6 heteroatoms. The number of hydrogen-bond acceptors (Lipinski definition) is 3. The summed E-state index contributed by atoms with van der Waals surface area (Å²) < 4.78 is 5.55. The van der Waals surface area contributed by atoms with Crippen LogP contribution in [0.4, 0.5) is 0 Å². The molecule has 1 aliphatic rings. The minimum Gasteiger partial charge on any atom is -0.381 e. The zero-order chi connectivity index (χ0) is 15.3. The first-order chi connectivity index (χ1) is 10.3. The van der Waals surface area contributed by atoms with Crippen molar-refractivity contribution in [2.45, 2.75) is 39.0 Å². The monoisotopic (exact) mass is 426 g/mol. The quantitative estimate of drug-likeness (QED) is 0.257. The summed E-state index contributed by atoms with van der Waals surface area (Å²) in [5.41, 5.74) is 0. The summed E-state index contributed by atoms with van der Waals surface area (Å²) in [5.74, 6) is 1.65. The predicted octanol–water partition coefficient (Wildman–Crippen LogP) is 2.32. The highest BCUT2D eigenvalue weighted by molar-refractivity contribution is 14.0. The van der Waals surface area contributed by atoms with Crippen LogP contribution in [0.1, 0.15) is 39.0 Å². The lowest BCUT2D eigenvalue weighted by atomic mass is 9.99. The average Bonchev–Trinajstić information content (AvgIpc) is 2.49. The molecule has 0 aliphatic carbocycles. The summed E-state index contributed by atoms with van der Waals surface area (Å²) in [6, 6.07) is 0. The third-order valence-corrected chi connectivity index (χ3v) is 3.90. The second-order valence-electron chi connectivity index (χ2n) is 5.97. The molecule has 1 fully saturated rings. The molecule has 0 saturated carbocycles. The topological polar surface area (TPSA) is 48.9 Å². The van der Waals surface area contributed by atoms with E-state index in [9.17, 15) is 0 Å². The second-order valence-corrected chi connectivity index (χ2v) is 5.97. The third kappa shape index (κ3) is 10.6. The molecule has 1 rings (SSSR count). The lowest BCUT2D eigenvalue weighted by molar-refractivity contribution is 0.129. The number of halogens is 1. The Morgan fingerprint density at radius 2 is 2.05 bits per heavy atom. The van der Waals surface area contributed by atoms with Crippen molar-refractivity contribution in [1.82, 2.24) is 15.5 Å². The fraction of sp³-hybridized carbons (Fsp3) is 0.938. The summed E-state index contributed by atoms with van der Waals surface area (Å²) in [7, 11) is 4.04. The van der Waals surface area contributed by atoms with Gasteiger partial charge in [-0.15, -0.1) is 24.0 Å². The van der Waals surface area contributed by atoms with Crippen LogP contribution in [0.25, 0.3) is 0 Å². The molecule has 0 spiro atoms. The molecule has 0 bridgehead atoms. The highest BCUT2D eigenvalue weighted by atomic mass is 127. The van der Waals surface area contributed by atoms with Gasteiger partial charge in [0.05, 0.1) is 0 Å². The van der Waals surface area contributed by atoms with Gasteiger partial charge in [0.1, 0.15) is 0 Å². The van der Waals surface area contributed by atoms with Crippen LogP contribution in [-0.2, 0) is 4.74 Å². The Bertz CT molecular complexity index is 289. The van der Waals surface area contributed by atoms with Crippen LogP contribution in [0, 0.1) is 5.92 Å². The van der Waals surface area contributed by atoms with Crippen molar-refractivity contribution in [1.29, 1.82) is 0 Å². The first-order valence-corrected chi connectivity index (χ1v) is 8.47. The van der Waals surface area contributed by atoms with Crippen LogP contribution in [-0.4, -0.2) is 64.3 Å². The molecule has 1 saturated heterocycles. The van der Waals surface area contributed by atoms with Crippen molar-refractivity contribution in [2.24, 2.45) is 10.9 Å². The first kappa shape index (κ1) is 21.9. The summed E-state index contributed by atoms with van der Waals surface area (Å²) in [4.78, 5) is 6.70. The van der Waals surface area contributed by atoms with Crippen LogP contribution in [0.15, 0.2) is 4.99 Å². The third-order valence-electron chi connectivity index (χ3n) is 3.90. The van der Waals surface area contributed by atoms with Crippen LogP contribution in [0.2, 0.25) is 0 Å². The molecule has 1 unspecified atom stereocenters. The minimum atomic E-state index is 0. The van der Waals surface area contributed by atoms with Gasteiger partial charge < -0.3 is 20.3 Å². The molecular weight excluding hydrogens is 391 g/mol. The maximum absolute atomic E-state index is 5.55. The van der Waals surface area contributed by atoms with Gasteiger partial charge in [-0.25, -0.2) is 0 Å². The van der Waals surface area contributed by atoms with Crippen molar-refractivity contribution in [3.8, 4) is 0 Å². The van der Waals surface area contributed by atoms with Crippen molar-refractivity contribution in [2.75, 3.05) is 53.5 Å². The number of piperidine rings is 1. The molecule has 0 aromatic rings. The number of unbranched alkanes of at least 4 members (excludes halogenated alkanes) is 1. The molecule has 0 radical (unpaired) electrons. The smallest absolute Gasteiger partial charge is 0.190 e. The van der Waals surface area contributed by atoms with Crippen LogP contribution < -0.4 is 10.6 Å². The molecule has 5 nitrogen and oxygen atoms in total. The summed E-state index contributed by atoms with van der Waals surface area (Å²) >= 11 is 0. The van der Waals surface area contributed by atoms with Gasteiger partial charge in [-0.1, -0.05) is 13.3 Å². The maximum atomic E-state index is 5.55. The molecule has 132 valence electrons. The Kier molecular flexibility index (Phi) is 14.5. The fourth-order valence-corrected chi connectivity index (χ4v) is 2.63. The van der Waals surface area contributed by atoms with Gasteiger partial charge in [0.2, 0.25) is 0 Å². The number of ether oxygens (including phenoxy) is 1. The van der Waals surface area contributed by atoms with E-state index in [-0.39, 0.29) is 24.0 Å². The number of rotatable bonds is 9. The molecule has 1 atom stereocenters. The highest BCUT2D eigenvalue weighted by Crippen LogP contribution is 2.13. The van der Waals surface area contributed by atoms with E-state index in [4.69, 9.17) is 4.74 Å². The maximum Gasteiger partial charge on any atom is 0.190 e. The lowest BCUT2D eigenvalue weighted by Gasteiger charge is -2.30. The summed E-state index contributed by atoms with van der Waals surface area (Å²) in [6.07, 6.45) is 6.01. The predicted molar refractivity (Wildman–Crippen MR) is 105 cm³/mol. The molecule has 1 aliphatic heterocycles. The van der Waals surface area contributed by atoms with Crippen molar-refractivity contribution < 1.29 is 4.74 Å². The average molecular weight is 426 g/mol. The Morgan fingerprint density at radius 3 is 2.73 bits per heavy atom. The van der Waals surface area contributed by atoms with E-state index in [1.165, 1.54) is 32.4 Å². The zero-order valence-corrected chi connectivity index (χ0v) is 16.9. The van der Waals surface area contributed by atoms with Gasteiger partial charge >= 0.3 is 0 Å². The van der Waals surface area contributed by atoms with Gasteiger partial charge in [-0.2, -0.15) is 0 Å². The van der Waals surface area contributed by atoms with Gasteiger partial charge in [0.15, 0.2) is 5.96 Å². The van der Waals surface area contributed by atoms with E-state index in [0.29, 0.717) is 0 Å². The normalized spacial score (nSPS) is 19.6. The number of nitrogens with one attached hydrogen (secondary N) is 2. The van der Waals surface area contributed by atoms with E-state index in [0.717, 1.165) is 51.0 Å². The van der Waals surface area contributed by atoms with E-state index < -0.39 is 0 Å². The zero-order valence-electron chi connectivity index (χ0n) is 14.6. The van der Waals surface area contributed by atoms with Crippen LogP contribution in [0.3, 0.4) is 0 Å². The number of nitrogens with zero attached hydrogens (tertiary/aromatic N) is 2. The molecule has 22 heavy (non-hydrogen) atoms. The molecular formula is C16H35IN4O. The second kappa shape index (κ2) is 14.5. The van der Waals surface area contributed by atoms with E-state index in [1.807, 2.05) is 7.05 Å². The Hall–Kier alpha value is -0.0800. The van der Waals surface area contributed by atoms with Gasteiger partial charge in [0.25, 0.3) is 0 Å². The molecule has 1 heterocycles. The van der Waals surface area contributed by atoms with Crippen LogP contribution >= 0.6 is 24.0 Å². The van der Waals surface area contributed by atoms with E-state index in [2.05, 4.69) is 34.5 Å². The van der Waals surface area contributed by atoms with Crippen LogP contribution in [0.5, 0.6) is 0 Å². The van der Waals surface area contributed by atoms with Gasteiger partial charge in [0, 0.05) is 39.9 Å². The van der Waals surface area contributed by atoms with E-state index in [1.54, 1.807) is 0 Å². The summed E-state index contributed by atoms with van der Waals surface area (Å²) in [5, 5.41) is 6.80. The number of aliphatic imine (C=N–C) groups is 1. The van der Waals surface area contributed by atoms with Gasteiger partial charge in [-0.05, 0) is 45.2 Å². The lowest BCUT2D eigenvalue weighted by Crippen LogP contribution is -2.43. The minimum absolute atomic E-state index is 0. The Labute approximate surface area is 153 Å². The first-order valence-electron chi connectivity index (χ1n) is 8.47. The molecule has 0 amide bonds. The van der Waals surface area contributed by atoms with Gasteiger partial charge in [-0.3, -0.25) is 4.99 Å². The van der Waals surface area contributed by atoms with E-state index >= 15 is 0 Å². The van der Waals surface area contributed by atoms with Crippen molar-refractivity contribution >= 4 is 29.9 Å². The number of hydrogen-bond donors (Lipinski definition) is 2. The fourth-order valence-electron chi connectivity index (χ4n) is 2.63. The largest absolute Gasteiger partial charge is 0.381 e. The van der Waals surface area contributed by atoms with Crippen molar-refractivity contribution in [3.63, 3.8) is 0 Å². The summed E-state index contributed by atoms with van der Waals surface area (Å²) in [6.45, 7) is 8.25. The highest BCUT2D eigenvalue weighted by Gasteiger charge is 2.16.